The molecule has 2 bridgehead atoms. The molecular formula is C27H30N2O5. The molecule has 7 heteroatoms. The molecule has 2 heterocycles. The minimum atomic E-state index is -1.07. The lowest BCUT2D eigenvalue weighted by Crippen LogP contribution is -2.58. The Morgan fingerprint density at radius 3 is 2.24 bits per heavy atom. The zero-order valence-corrected chi connectivity index (χ0v) is 19.5. The first-order chi connectivity index (χ1) is 16.3. The summed E-state index contributed by atoms with van der Waals surface area (Å²) in [4.78, 5) is 39.4. The van der Waals surface area contributed by atoms with Gasteiger partial charge in [0.15, 0.2) is 0 Å². The number of carboxylic acids is 1. The van der Waals surface area contributed by atoms with Crippen LogP contribution in [0.3, 0.4) is 0 Å². The van der Waals surface area contributed by atoms with Gasteiger partial charge in [-0.15, -0.1) is 0 Å². The molecule has 1 atom stereocenters. The highest BCUT2D eigenvalue weighted by Crippen LogP contribution is 2.52. The van der Waals surface area contributed by atoms with Crippen molar-refractivity contribution in [3.05, 3.63) is 59.7 Å². The summed E-state index contributed by atoms with van der Waals surface area (Å²) in [7, 11) is 0. The number of amides is 2. The molecule has 2 aromatic rings. The van der Waals surface area contributed by atoms with Crippen LogP contribution >= 0.6 is 0 Å². The van der Waals surface area contributed by atoms with E-state index in [0.29, 0.717) is 25.8 Å². The van der Waals surface area contributed by atoms with Crippen molar-refractivity contribution < 1.29 is 24.2 Å². The maximum atomic E-state index is 13.4. The molecule has 2 aromatic carbocycles. The fourth-order valence-electron chi connectivity index (χ4n) is 5.84. The quantitative estimate of drug-likeness (QED) is 0.648. The number of carboxylic acid groups (broad SMARTS) is 1. The molecule has 3 fully saturated rings. The summed E-state index contributed by atoms with van der Waals surface area (Å²) in [5.41, 5.74) is 2.63. The van der Waals surface area contributed by atoms with E-state index in [2.05, 4.69) is 29.6 Å². The van der Waals surface area contributed by atoms with E-state index in [0.717, 1.165) is 22.3 Å². The Morgan fingerprint density at radius 1 is 1.09 bits per heavy atom. The molecule has 6 rings (SSSR count). The maximum absolute atomic E-state index is 13.4. The Labute approximate surface area is 199 Å². The predicted octanol–water partition coefficient (Wildman–Crippen LogP) is 4.02. The van der Waals surface area contributed by atoms with Crippen LogP contribution in [-0.2, 0) is 14.3 Å². The summed E-state index contributed by atoms with van der Waals surface area (Å²) >= 11 is 0. The molecule has 0 aromatic heterocycles. The number of fused-ring (bicyclic) bond motifs is 4. The average molecular weight is 463 g/mol. The fraction of sp³-hybridized carbons (Fsp3) is 0.444. The standard InChI is InChI=1S/C27H30N2O5/c1-3-26(2,23(30)29-14-17-12-27(29,13-17)24(31)32)16-28-25(33)34-15-22-20-10-6-4-8-18(20)19-9-5-7-11-21(19)22/h4-11,17,22H,3,12-16H2,1-2H3,(H,28,33)(H,31,32). The molecule has 178 valence electrons. The Balaban J connectivity index is 1.22. The molecule has 34 heavy (non-hydrogen) atoms. The number of carbonyl (C=O) groups is 3. The highest BCUT2D eigenvalue weighted by atomic mass is 16.5. The number of ether oxygens (including phenoxy) is 1. The highest BCUT2D eigenvalue weighted by molar-refractivity contribution is 5.92. The fourth-order valence-corrected chi connectivity index (χ4v) is 5.84. The summed E-state index contributed by atoms with van der Waals surface area (Å²) in [6.45, 7) is 4.43. The van der Waals surface area contributed by atoms with Crippen molar-refractivity contribution in [1.29, 1.82) is 0 Å². The van der Waals surface area contributed by atoms with Crippen LogP contribution in [0.25, 0.3) is 11.1 Å². The zero-order valence-electron chi connectivity index (χ0n) is 19.5. The molecular weight excluding hydrogens is 432 g/mol. The van der Waals surface area contributed by atoms with E-state index in [1.165, 1.54) is 4.90 Å². The van der Waals surface area contributed by atoms with Gasteiger partial charge in [0.05, 0.1) is 5.41 Å². The SMILES string of the molecule is CCC(C)(CNC(=O)OCC1c2ccccc2-c2ccccc21)C(=O)N1CC2CC1(C(=O)O)C2. The van der Waals surface area contributed by atoms with Gasteiger partial charge in [-0.1, -0.05) is 55.5 Å². The van der Waals surface area contributed by atoms with Crippen molar-refractivity contribution in [2.24, 2.45) is 11.3 Å². The predicted molar refractivity (Wildman–Crippen MR) is 126 cm³/mol. The minimum absolute atomic E-state index is 0.0378. The second kappa shape index (κ2) is 8.15. The molecule has 1 unspecified atom stereocenters. The second-order valence-corrected chi connectivity index (χ2v) is 10.1. The minimum Gasteiger partial charge on any atom is -0.479 e. The number of carbonyl (C=O) groups excluding carboxylic acids is 2. The molecule has 2 aliphatic carbocycles. The Kier molecular flexibility index (Phi) is 5.38. The smallest absolute Gasteiger partial charge is 0.407 e. The number of alkyl carbamates (subject to hydrolysis) is 1. The second-order valence-electron chi connectivity index (χ2n) is 10.1. The van der Waals surface area contributed by atoms with Gasteiger partial charge in [-0.25, -0.2) is 9.59 Å². The molecule has 2 N–H and O–H groups in total. The molecule has 2 aliphatic heterocycles. The van der Waals surface area contributed by atoms with Crippen LogP contribution in [0, 0.1) is 11.3 Å². The first-order valence-electron chi connectivity index (χ1n) is 11.9. The summed E-state index contributed by atoms with van der Waals surface area (Å²) in [5.74, 6) is -0.922. The third-order valence-electron chi connectivity index (χ3n) is 8.12. The normalized spacial score (nSPS) is 23.9. The molecule has 1 saturated carbocycles. The number of benzene rings is 2. The lowest BCUT2D eigenvalue weighted by molar-refractivity contribution is -0.162. The number of nitrogens with zero attached hydrogens (tertiary/aromatic N) is 1. The van der Waals surface area contributed by atoms with Gasteiger partial charge >= 0.3 is 12.1 Å². The first-order valence-corrected chi connectivity index (χ1v) is 11.9. The summed E-state index contributed by atoms with van der Waals surface area (Å²) in [6.07, 6.45) is 0.946. The third kappa shape index (κ3) is 3.37. The summed E-state index contributed by atoms with van der Waals surface area (Å²) in [6, 6.07) is 16.3. The summed E-state index contributed by atoms with van der Waals surface area (Å²) < 4.78 is 5.60. The molecule has 0 spiro atoms. The Bertz CT molecular complexity index is 1110. The topological polar surface area (TPSA) is 95.9 Å². The van der Waals surface area contributed by atoms with E-state index in [-0.39, 0.29) is 30.9 Å². The Hall–Kier alpha value is -3.35. The molecule has 2 saturated heterocycles. The number of aliphatic carboxylic acids is 1. The van der Waals surface area contributed by atoms with E-state index in [4.69, 9.17) is 4.74 Å². The van der Waals surface area contributed by atoms with Crippen LogP contribution in [0.5, 0.6) is 0 Å². The first kappa shape index (κ1) is 22.4. The van der Waals surface area contributed by atoms with Crippen molar-refractivity contribution in [2.75, 3.05) is 19.7 Å². The molecule has 2 amide bonds. The maximum Gasteiger partial charge on any atom is 0.407 e. The van der Waals surface area contributed by atoms with Gasteiger partial charge in [0.2, 0.25) is 5.91 Å². The van der Waals surface area contributed by atoms with Crippen molar-refractivity contribution in [3.8, 4) is 11.1 Å². The summed E-state index contributed by atoms with van der Waals surface area (Å²) in [5, 5.41) is 12.5. The molecule has 4 aliphatic rings. The molecule has 7 nitrogen and oxygen atoms in total. The monoisotopic (exact) mass is 462 g/mol. The van der Waals surface area contributed by atoms with Crippen molar-refractivity contribution >= 4 is 18.0 Å². The lowest BCUT2D eigenvalue weighted by atomic mass is 9.73. The van der Waals surface area contributed by atoms with Crippen molar-refractivity contribution in [1.82, 2.24) is 10.2 Å². The van der Waals surface area contributed by atoms with Gasteiger partial charge in [0, 0.05) is 19.0 Å². The number of nitrogens with one attached hydrogen (secondary N) is 1. The third-order valence-corrected chi connectivity index (χ3v) is 8.12. The van der Waals surface area contributed by atoms with Gasteiger partial charge in [-0.05, 0) is 54.4 Å². The van der Waals surface area contributed by atoms with E-state index in [1.54, 1.807) is 6.92 Å². The van der Waals surface area contributed by atoms with Crippen molar-refractivity contribution in [3.63, 3.8) is 0 Å². The number of rotatable bonds is 7. The van der Waals surface area contributed by atoms with Crippen LogP contribution in [-0.4, -0.2) is 53.2 Å². The largest absolute Gasteiger partial charge is 0.479 e. The zero-order chi connectivity index (χ0) is 24.1. The number of hydrogen-bond donors (Lipinski definition) is 2. The number of hydrogen-bond acceptors (Lipinski definition) is 4. The lowest BCUT2D eigenvalue weighted by Gasteiger charge is -2.41. The highest BCUT2D eigenvalue weighted by Gasteiger charge is 2.64. The van der Waals surface area contributed by atoms with Crippen LogP contribution in [0.4, 0.5) is 4.79 Å². The van der Waals surface area contributed by atoms with E-state index >= 15 is 0 Å². The van der Waals surface area contributed by atoms with Gasteiger partial charge in [-0.3, -0.25) is 4.79 Å². The van der Waals surface area contributed by atoms with Crippen molar-refractivity contribution in [2.45, 2.75) is 44.6 Å². The van der Waals surface area contributed by atoms with Crippen LogP contribution < -0.4 is 5.32 Å². The van der Waals surface area contributed by atoms with Crippen LogP contribution in [0.1, 0.15) is 50.2 Å². The van der Waals surface area contributed by atoms with E-state index in [9.17, 15) is 19.5 Å². The van der Waals surface area contributed by atoms with E-state index < -0.39 is 23.0 Å². The molecule has 0 radical (unpaired) electrons. The van der Waals surface area contributed by atoms with Gasteiger partial charge in [0.25, 0.3) is 0 Å². The van der Waals surface area contributed by atoms with Crippen LogP contribution in [0.2, 0.25) is 0 Å². The average Bonchev–Trinajstić information content (AvgIpc) is 3.49. The van der Waals surface area contributed by atoms with E-state index in [1.807, 2.05) is 31.2 Å². The van der Waals surface area contributed by atoms with Gasteiger partial charge < -0.3 is 20.1 Å². The Morgan fingerprint density at radius 2 is 1.68 bits per heavy atom. The van der Waals surface area contributed by atoms with Gasteiger partial charge in [0.1, 0.15) is 12.1 Å². The van der Waals surface area contributed by atoms with Crippen LogP contribution in [0.15, 0.2) is 48.5 Å². The van der Waals surface area contributed by atoms with Gasteiger partial charge in [-0.2, -0.15) is 0 Å².